The topological polar surface area (TPSA) is 99.5 Å². The first-order valence-electron chi connectivity index (χ1n) is 9.96. The quantitative estimate of drug-likeness (QED) is 0.560. The molecule has 10 heteroatoms. The normalized spacial score (nSPS) is 17.1. The van der Waals surface area contributed by atoms with E-state index in [1.54, 1.807) is 42.1 Å². The number of nitrogens with zero attached hydrogens (tertiary/aromatic N) is 2. The molecule has 1 amide bonds. The maximum Gasteiger partial charge on any atom is 0.263 e. The van der Waals surface area contributed by atoms with E-state index in [9.17, 15) is 13.2 Å². The first kappa shape index (κ1) is 22.2. The van der Waals surface area contributed by atoms with Crippen LogP contribution in [0.25, 0.3) is 11.3 Å². The van der Waals surface area contributed by atoms with Crippen molar-refractivity contribution >= 4 is 33.2 Å². The second-order valence-electron chi connectivity index (χ2n) is 7.41. The molecule has 1 unspecified atom stereocenters. The fourth-order valence-corrected chi connectivity index (χ4v) is 5.40. The summed E-state index contributed by atoms with van der Waals surface area (Å²) in [6.45, 7) is -0.254. The lowest BCUT2D eigenvalue weighted by molar-refractivity contribution is -0.118. The summed E-state index contributed by atoms with van der Waals surface area (Å²) in [5.74, 6) is 1.19. The largest absolute Gasteiger partial charge is 0.497 e. The lowest BCUT2D eigenvalue weighted by Crippen LogP contribution is -2.23. The van der Waals surface area contributed by atoms with E-state index in [1.807, 2.05) is 24.3 Å². The van der Waals surface area contributed by atoms with Gasteiger partial charge in [0, 0.05) is 11.6 Å². The minimum Gasteiger partial charge on any atom is -0.497 e. The average molecular weight is 476 g/mol. The van der Waals surface area contributed by atoms with Gasteiger partial charge in [0.15, 0.2) is 16.4 Å². The number of aromatic nitrogens is 2. The molecule has 1 atom stereocenters. The lowest BCUT2D eigenvalue weighted by atomic mass is 10.1. The third-order valence-corrected chi connectivity index (χ3v) is 7.20. The van der Waals surface area contributed by atoms with Crippen LogP contribution in [0.3, 0.4) is 0 Å². The molecular weight excluding hydrogens is 454 g/mol. The third-order valence-electron chi connectivity index (χ3n) is 5.14. The zero-order valence-corrected chi connectivity index (χ0v) is 18.9. The molecule has 168 valence electrons. The zero-order chi connectivity index (χ0) is 22.7. The Balaban J connectivity index is 1.56. The monoisotopic (exact) mass is 475 g/mol. The molecule has 1 N–H and O–H groups in total. The molecule has 0 radical (unpaired) electrons. The summed E-state index contributed by atoms with van der Waals surface area (Å²) < 4.78 is 36.3. The molecule has 1 saturated heterocycles. The molecule has 32 heavy (non-hydrogen) atoms. The summed E-state index contributed by atoms with van der Waals surface area (Å²) in [5, 5.41) is 7.80. The molecule has 1 fully saturated rings. The number of nitrogens with one attached hydrogen (secondary N) is 1. The summed E-state index contributed by atoms with van der Waals surface area (Å²) in [7, 11) is -1.55. The van der Waals surface area contributed by atoms with E-state index in [0.29, 0.717) is 34.5 Å². The summed E-state index contributed by atoms with van der Waals surface area (Å²) in [6, 6.07) is 15.6. The standard InChI is InChI=1S/C22H22ClN3O5S/c1-30-17-8-6-15(7-9-17)19-12-21(26(25-19)16-10-11-32(28,29)14-16)24-22(27)13-31-20-5-3-2-4-18(20)23/h2-9,12,16H,10-11,13-14H2,1H3,(H,24,27). The molecule has 0 saturated carbocycles. The van der Waals surface area contributed by atoms with Crippen LogP contribution in [0.5, 0.6) is 11.5 Å². The van der Waals surface area contributed by atoms with Crippen LogP contribution in [0.15, 0.2) is 54.6 Å². The SMILES string of the molecule is COc1ccc(-c2cc(NC(=O)COc3ccccc3Cl)n(C3CCS(=O)(=O)C3)n2)cc1. The molecule has 2 aromatic carbocycles. The van der Waals surface area contributed by atoms with Crippen molar-refractivity contribution in [1.29, 1.82) is 0 Å². The van der Waals surface area contributed by atoms with E-state index in [4.69, 9.17) is 21.1 Å². The first-order chi connectivity index (χ1) is 15.3. The number of halogens is 1. The Morgan fingerprint density at radius 2 is 1.97 bits per heavy atom. The zero-order valence-electron chi connectivity index (χ0n) is 17.3. The predicted octanol–water partition coefficient (Wildman–Crippen LogP) is 3.59. The highest BCUT2D eigenvalue weighted by Crippen LogP contribution is 2.31. The van der Waals surface area contributed by atoms with Gasteiger partial charge in [-0.15, -0.1) is 0 Å². The number of hydrogen-bond acceptors (Lipinski definition) is 6. The van der Waals surface area contributed by atoms with Crippen LogP contribution >= 0.6 is 11.6 Å². The maximum atomic E-state index is 12.6. The molecule has 1 aromatic heterocycles. The summed E-state index contributed by atoms with van der Waals surface area (Å²) in [5.41, 5.74) is 1.42. The Bertz CT molecular complexity index is 1220. The summed E-state index contributed by atoms with van der Waals surface area (Å²) in [6.07, 6.45) is 0.436. The van der Waals surface area contributed by atoms with Gasteiger partial charge in [-0.25, -0.2) is 13.1 Å². The van der Waals surface area contributed by atoms with Gasteiger partial charge >= 0.3 is 0 Å². The number of para-hydroxylation sites is 1. The molecular formula is C22H22ClN3O5S. The molecule has 8 nitrogen and oxygen atoms in total. The number of amides is 1. The Kier molecular flexibility index (Phi) is 6.38. The van der Waals surface area contributed by atoms with E-state index in [2.05, 4.69) is 10.4 Å². The van der Waals surface area contributed by atoms with Crippen molar-refractivity contribution in [3.05, 3.63) is 59.6 Å². The Labute approximate surface area is 191 Å². The molecule has 3 aromatic rings. The van der Waals surface area contributed by atoms with Crippen molar-refractivity contribution in [2.24, 2.45) is 0 Å². The van der Waals surface area contributed by atoms with Crippen molar-refractivity contribution in [1.82, 2.24) is 9.78 Å². The van der Waals surface area contributed by atoms with Gasteiger partial charge in [-0.2, -0.15) is 5.10 Å². The van der Waals surface area contributed by atoms with Crippen LogP contribution in [0.2, 0.25) is 5.02 Å². The second kappa shape index (κ2) is 9.22. The fourth-order valence-electron chi connectivity index (χ4n) is 3.52. The predicted molar refractivity (Wildman–Crippen MR) is 122 cm³/mol. The molecule has 2 heterocycles. The molecule has 1 aliphatic rings. The maximum absolute atomic E-state index is 12.6. The number of anilines is 1. The van der Waals surface area contributed by atoms with Gasteiger partial charge in [-0.1, -0.05) is 23.7 Å². The van der Waals surface area contributed by atoms with Crippen LogP contribution in [-0.4, -0.2) is 49.3 Å². The number of ether oxygens (including phenoxy) is 2. The highest BCUT2D eigenvalue weighted by molar-refractivity contribution is 7.91. The molecule has 4 rings (SSSR count). The minimum absolute atomic E-state index is 0.0181. The van der Waals surface area contributed by atoms with E-state index in [-0.39, 0.29) is 24.2 Å². The van der Waals surface area contributed by atoms with Gasteiger partial charge < -0.3 is 14.8 Å². The van der Waals surface area contributed by atoms with Gasteiger partial charge in [0.05, 0.1) is 35.4 Å². The smallest absolute Gasteiger partial charge is 0.263 e. The number of rotatable bonds is 7. The van der Waals surface area contributed by atoms with Crippen LogP contribution < -0.4 is 14.8 Å². The highest BCUT2D eigenvalue weighted by Gasteiger charge is 2.31. The van der Waals surface area contributed by atoms with E-state index in [0.717, 1.165) is 5.56 Å². The van der Waals surface area contributed by atoms with Gasteiger partial charge in [-0.05, 0) is 42.8 Å². The van der Waals surface area contributed by atoms with Gasteiger partial charge in [0.25, 0.3) is 5.91 Å². The van der Waals surface area contributed by atoms with Crippen molar-refractivity contribution in [2.45, 2.75) is 12.5 Å². The van der Waals surface area contributed by atoms with Gasteiger partial charge in [-0.3, -0.25) is 4.79 Å². The Morgan fingerprint density at radius 3 is 2.62 bits per heavy atom. The second-order valence-corrected chi connectivity index (χ2v) is 10.0. The van der Waals surface area contributed by atoms with Gasteiger partial charge in [0.2, 0.25) is 0 Å². The first-order valence-corrected chi connectivity index (χ1v) is 12.2. The number of sulfone groups is 1. The van der Waals surface area contributed by atoms with Crippen LogP contribution in [0.4, 0.5) is 5.82 Å². The number of benzene rings is 2. The summed E-state index contributed by atoms with van der Waals surface area (Å²) >= 11 is 6.06. The number of hydrogen-bond donors (Lipinski definition) is 1. The fraction of sp³-hybridized carbons (Fsp3) is 0.273. The van der Waals surface area contributed by atoms with Crippen molar-refractivity contribution in [3.63, 3.8) is 0 Å². The molecule has 1 aliphatic heterocycles. The van der Waals surface area contributed by atoms with Crippen LogP contribution in [0, 0.1) is 0 Å². The Morgan fingerprint density at radius 1 is 1.22 bits per heavy atom. The van der Waals surface area contributed by atoms with Crippen LogP contribution in [0.1, 0.15) is 12.5 Å². The number of carbonyl (C=O) groups excluding carboxylic acids is 1. The number of methoxy groups -OCH3 is 1. The van der Waals surface area contributed by atoms with E-state index < -0.39 is 15.7 Å². The summed E-state index contributed by atoms with van der Waals surface area (Å²) in [4.78, 5) is 12.6. The van der Waals surface area contributed by atoms with Crippen molar-refractivity contribution in [2.75, 3.05) is 30.5 Å². The molecule has 0 aliphatic carbocycles. The number of carbonyl (C=O) groups is 1. The minimum atomic E-state index is -3.13. The van der Waals surface area contributed by atoms with E-state index >= 15 is 0 Å². The lowest BCUT2D eigenvalue weighted by Gasteiger charge is -2.14. The van der Waals surface area contributed by atoms with Crippen molar-refractivity contribution in [3.8, 4) is 22.8 Å². The van der Waals surface area contributed by atoms with E-state index in [1.165, 1.54) is 0 Å². The molecule has 0 spiro atoms. The van der Waals surface area contributed by atoms with Crippen LogP contribution in [-0.2, 0) is 14.6 Å². The molecule has 0 bridgehead atoms. The average Bonchev–Trinajstić information content (AvgIpc) is 3.36. The highest BCUT2D eigenvalue weighted by atomic mass is 35.5. The van der Waals surface area contributed by atoms with Crippen molar-refractivity contribution < 1.29 is 22.7 Å². The third kappa shape index (κ3) is 5.05. The Hall–Kier alpha value is -3.04. The van der Waals surface area contributed by atoms with Gasteiger partial charge in [0.1, 0.15) is 17.3 Å².